The fourth-order valence-corrected chi connectivity index (χ4v) is 2.25. The first-order valence-electron chi connectivity index (χ1n) is 6.56. The number of rotatable bonds is 3. The fraction of sp³-hybridized carbons (Fsp3) is 0.167. The first kappa shape index (κ1) is 15.7. The van der Waals surface area contributed by atoms with Gasteiger partial charge < -0.3 is 10.6 Å². The van der Waals surface area contributed by atoms with E-state index in [2.05, 4.69) is 41.2 Å². The number of amides is 3. The van der Waals surface area contributed by atoms with Gasteiger partial charge in [0.25, 0.3) is 5.91 Å². The van der Waals surface area contributed by atoms with Gasteiger partial charge in [0, 0.05) is 0 Å². The van der Waals surface area contributed by atoms with E-state index < -0.39 is 23.6 Å². The molecule has 11 nitrogen and oxygen atoms in total. The van der Waals surface area contributed by atoms with Gasteiger partial charge in [0.1, 0.15) is 11.4 Å². The van der Waals surface area contributed by atoms with E-state index in [4.69, 9.17) is 0 Å². The zero-order valence-corrected chi connectivity index (χ0v) is 13.0. The molecule has 0 aromatic carbocycles. The molecule has 0 spiro atoms. The number of anilines is 1. The number of carbonyl (C=O) groups excluding carboxylic acids is 3. The Morgan fingerprint density at radius 2 is 2.08 bits per heavy atom. The van der Waals surface area contributed by atoms with Gasteiger partial charge in [0.05, 0.1) is 6.20 Å². The summed E-state index contributed by atoms with van der Waals surface area (Å²) < 4.78 is 0. The van der Waals surface area contributed by atoms with E-state index in [0.717, 1.165) is 11.8 Å². The Morgan fingerprint density at radius 1 is 1.25 bits per heavy atom. The van der Waals surface area contributed by atoms with Crippen LogP contribution in [0.25, 0.3) is 11.4 Å². The predicted molar refractivity (Wildman–Crippen MR) is 83.6 cm³/mol. The molecule has 1 atom stereocenters. The Balaban J connectivity index is 1.72. The molecule has 24 heavy (non-hydrogen) atoms. The summed E-state index contributed by atoms with van der Waals surface area (Å²) in [5, 5.41) is 22.5. The lowest BCUT2D eigenvalue weighted by Gasteiger charge is -2.18. The molecule has 3 N–H and O–H groups in total. The Labute approximate surface area is 138 Å². The summed E-state index contributed by atoms with van der Waals surface area (Å²) in [5.74, 6) is -3.85. The highest BCUT2D eigenvalue weighted by atomic mass is 32.2. The van der Waals surface area contributed by atoms with Crippen LogP contribution in [0, 0.1) is 5.92 Å². The van der Waals surface area contributed by atoms with Crippen molar-refractivity contribution >= 4 is 40.5 Å². The number of aromatic nitrogens is 5. The molecule has 0 fully saturated rings. The number of aliphatic imine (C=N–C) groups is 1. The Hall–Kier alpha value is -3.15. The minimum atomic E-state index is -1.56. The standard InChI is InChI=1S/C12H10N8O3S/c1-24-12-15-10(22)8(11(23)16-12)9(21)14-7-3-2-5(17-19-7)6-4-13-20-18-6/h2-4,8H,1H3,(H,13,18,20)(H,14,19,21)(H,15,16,22,23). The van der Waals surface area contributed by atoms with Crippen molar-refractivity contribution in [1.29, 1.82) is 0 Å². The quantitative estimate of drug-likeness (QED) is 0.610. The first-order chi connectivity index (χ1) is 11.6. The van der Waals surface area contributed by atoms with E-state index in [1.54, 1.807) is 12.3 Å². The summed E-state index contributed by atoms with van der Waals surface area (Å²) in [6.45, 7) is 0. The van der Waals surface area contributed by atoms with Gasteiger partial charge in [-0.25, -0.2) is 0 Å². The van der Waals surface area contributed by atoms with Crippen LogP contribution in [0.15, 0.2) is 23.3 Å². The van der Waals surface area contributed by atoms with Crippen LogP contribution in [0.2, 0.25) is 0 Å². The Morgan fingerprint density at radius 3 is 2.67 bits per heavy atom. The number of carbonyl (C=O) groups is 3. The van der Waals surface area contributed by atoms with E-state index >= 15 is 0 Å². The largest absolute Gasteiger partial charge is 0.308 e. The fourth-order valence-electron chi connectivity index (χ4n) is 1.87. The number of amidine groups is 1. The number of hydrogen-bond acceptors (Lipinski definition) is 8. The number of hydrogen-bond donors (Lipinski definition) is 3. The molecule has 0 radical (unpaired) electrons. The zero-order valence-electron chi connectivity index (χ0n) is 12.2. The molecule has 1 aliphatic rings. The number of H-pyrrole nitrogens is 1. The number of nitrogens with zero attached hydrogens (tertiary/aromatic N) is 5. The maximum Gasteiger partial charge on any atom is 0.270 e. The number of thioether (sulfide) groups is 1. The first-order valence-corrected chi connectivity index (χ1v) is 7.79. The van der Waals surface area contributed by atoms with Crippen LogP contribution in [0.4, 0.5) is 5.82 Å². The maximum absolute atomic E-state index is 12.1. The lowest BCUT2D eigenvalue weighted by molar-refractivity contribution is -0.139. The Bertz CT molecular complexity index is 817. The van der Waals surface area contributed by atoms with E-state index in [0.29, 0.717) is 11.4 Å². The smallest absolute Gasteiger partial charge is 0.270 e. The number of nitrogens with one attached hydrogen (secondary N) is 3. The molecule has 0 bridgehead atoms. The molecule has 0 aliphatic carbocycles. The van der Waals surface area contributed by atoms with Crippen LogP contribution in [0.5, 0.6) is 0 Å². The minimum absolute atomic E-state index is 0.0903. The summed E-state index contributed by atoms with van der Waals surface area (Å²) in [6, 6.07) is 3.03. The van der Waals surface area contributed by atoms with Crippen LogP contribution < -0.4 is 10.6 Å². The van der Waals surface area contributed by atoms with Gasteiger partial charge in [0.2, 0.25) is 11.8 Å². The topological polar surface area (TPSA) is 155 Å². The van der Waals surface area contributed by atoms with Crippen molar-refractivity contribution in [2.75, 3.05) is 11.6 Å². The molecule has 2 aromatic rings. The van der Waals surface area contributed by atoms with Crippen molar-refractivity contribution in [3.05, 3.63) is 18.3 Å². The highest BCUT2D eigenvalue weighted by Crippen LogP contribution is 2.15. The van der Waals surface area contributed by atoms with Crippen LogP contribution in [-0.4, -0.2) is 54.8 Å². The molecular formula is C12H10N8O3S. The third-order valence-corrected chi connectivity index (χ3v) is 3.58. The highest BCUT2D eigenvalue weighted by molar-refractivity contribution is 8.13. The van der Waals surface area contributed by atoms with Crippen molar-refractivity contribution in [3.63, 3.8) is 0 Å². The normalized spacial score (nSPS) is 17.2. The van der Waals surface area contributed by atoms with Gasteiger partial charge in [-0.15, -0.1) is 10.2 Å². The van der Waals surface area contributed by atoms with Gasteiger partial charge in [-0.3, -0.25) is 14.4 Å². The number of aromatic amines is 1. The summed E-state index contributed by atoms with van der Waals surface area (Å²) in [7, 11) is 0. The summed E-state index contributed by atoms with van der Waals surface area (Å²) in [6.07, 6.45) is 3.12. The molecule has 12 heteroatoms. The highest BCUT2D eigenvalue weighted by Gasteiger charge is 2.38. The maximum atomic E-state index is 12.1. The molecule has 0 saturated heterocycles. The molecule has 3 amide bonds. The molecule has 0 saturated carbocycles. The van der Waals surface area contributed by atoms with Gasteiger partial charge in [0.15, 0.2) is 16.9 Å². The lowest BCUT2D eigenvalue weighted by atomic mass is 10.1. The molecular weight excluding hydrogens is 336 g/mol. The summed E-state index contributed by atoms with van der Waals surface area (Å²) in [5.41, 5.74) is 0.934. The molecule has 122 valence electrons. The van der Waals surface area contributed by atoms with Gasteiger partial charge >= 0.3 is 0 Å². The van der Waals surface area contributed by atoms with Gasteiger partial charge in [-0.2, -0.15) is 20.4 Å². The van der Waals surface area contributed by atoms with Crippen LogP contribution in [0.3, 0.4) is 0 Å². The van der Waals surface area contributed by atoms with Crippen molar-refractivity contribution in [2.45, 2.75) is 0 Å². The van der Waals surface area contributed by atoms with Crippen molar-refractivity contribution < 1.29 is 14.4 Å². The second-order valence-electron chi connectivity index (χ2n) is 4.53. The van der Waals surface area contributed by atoms with E-state index in [1.165, 1.54) is 12.3 Å². The zero-order chi connectivity index (χ0) is 17.1. The van der Waals surface area contributed by atoms with Crippen molar-refractivity contribution in [1.82, 2.24) is 30.9 Å². The second-order valence-corrected chi connectivity index (χ2v) is 5.32. The summed E-state index contributed by atoms with van der Waals surface area (Å²) >= 11 is 1.10. The van der Waals surface area contributed by atoms with Crippen molar-refractivity contribution in [3.8, 4) is 11.4 Å². The molecule has 1 unspecified atom stereocenters. The second kappa shape index (κ2) is 6.54. The lowest BCUT2D eigenvalue weighted by Crippen LogP contribution is -2.48. The van der Waals surface area contributed by atoms with Crippen LogP contribution >= 0.6 is 11.8 Å². The van der Waals surface area contributed by atoms with E-state index in [-0.39, 0.29) is 11.0 Å². The Kier molecular flexibility index (Phi) is 4.29. The van der Waals surface area contributed by atoms with E-state index in [9.17, 15) is 14.4 Å². The average Bonchev–Trinajstić information content (AvgIpc) is 3.09. The minimum Gasteiger partial charge on any atom is -0.308 e. The third kappa shape index (κ3) is 3.12. The van der Waals surface area contributed by atoms with E-state index in [1.807, 2.05) is 0 Å². The van der Waals surface area contributed by atoms with Crippen molar-refractivity contribution in [2.24, 2.45) is 10.9 Å². The molecule has 1 aliphatic heterocycles. The molecule has 2 aromatic heterocycles. The monoisotopic (exact) mass is 346 g/mol. The molecule has 3 heterocycles. The average molecular weight is 346 g/mol. The SMILES string of the molecule is CSC1=NC(=O)C(C(=O)Nc2ccc(-c3cn[nH]n3)nn2)C(=O)N1. The molecule has 3 rings (SSSR count). The van der Waals surface area contributed by atoms with Crippen LogP contribution in [-0.2, 0) is 14.4 Å². The predicted octanol–water partition coefficient (Wildman–Crippen LogP) is -0.808. The third-order valence-electron chi connectivity index (χ3n) is 3.00. The van der Waals surface area contributed by atoms with Gasteiger partial charge in [-0.05, 0) is 18.4 Å². The summed E-state index contributed by atoms with van der Waals surface area (Å²) in [4.78, 5) is 39.5. The van der Waals surface area contributed by atoms with Gasteiger partial charge in [-0.1, -0.05) is 11.8 Å². The van der Waals surface area contributed by atoms with Crippen LogP contribution in [0.1, 0.15) is 0 Å².